The van der Waals surface area contributed by atoms with Gasteiger partial charge in [0.25, 0.3) is 0 Å². The lowest BCUT2D eigenvalue weighted by Crippen LogP contribution is -2.49. The summed E-state index contributed by atoms with van der Waals surface area (Å²) in [5, 5.41) is 2.97. The van der Waals surface area contributed by atoms with E-state index in [2.05, 4.69) is 19.2 Å². The van der Waals surface area contributed by atoms with E-state index in [1.807, 2.05) is 0 Å². The van der Waals surface area contributed by atoms with Crippen LogP contribution in [0.1, 0.15) is 65.2 Å². The molecule has 0 aromatic carbocycles. The molecular formula is C16H30N2O2S. The van der Waals surface area contributed by atoms with Gasteiger partial charge in [-0.05, 0) is 25.7 Å². The molecule has 1 fully saturated rings. The van der Waals surface area contributed by atoms with Gasteiger partial charge in [-0.3, -0.25) is 4.79 Å². The lowest BCUT2D eigenvalue weighted by molar-refractivity contribution is -0.128. The van der Waals surface area contributed by atoms with Crippen LogP contribution in [0.2, 0.25) is 0 Å². The Kier molecular flexibility index (Phi) is 8.19. The molecule has 0 aromatic rings. The highest BCUT2D eigenvalue weighted by Crippen LogP contribution is 2.30. The molecule has 122 valence electrons. The molecule has 3 N–H and O–H groups in total. The summed E-state index contributed by atoms with van der Waals surface area (Å²) in [5.74, 6) is -0.0336. The molecule has 0 saturated heterocycles. The number of carbonyl (C=O) groups excluding carboxylic acids is 1. The Balaban J connectivity index is 2.45. The van der Waals surface area contributed by atoms with Gasteiger partial charge in [0.05, 0.1) is 23.1 Å². The van der Waals surface area contributed by atoms with Gasteiger partial charge in [0.2, 0.25) is 5.91 Å². The molecule has 0 atom stereocenters. The molecule has 0 heterocycles. The molecule has 0 spiro atoms. The lowest BCUT2D eigenvalue weighted by Gasteiger charge is -2.31. The molecule has 0 aliphatic heterocycles. The molecule has 0 bridgehead atoms. The van der Waals surface area contributed by atoms with E-state index in [0.717, 1.165) is 25.7 Å². The number of thiocarbonyl (C=S) groups is 1. The Morgan fingerprint density at radius 3 is 2.33 bits per heavy atom. The number of amides is 1. The molecule has 1 saturated carbocycles. The van der Waals surface area contributed by atoms with Crippen molar-refractivity contribution in [1.29, 1.82) is 0 Å². The SMILES string of the molecule is CCCC(CCC)(C(=O)NCCOC1CCCC1)C(N)=S. The second kappa shape index (κ2) is 9.36. The third-order valence-electron chi connectivity index (χ3n) is 4.30. The van der Waals surface area contributed by atoms with Crippen LogP contribution < -0.4 is 11.1 Å². The maximum atomic E-state index is 12.5. The van der Waals surface area contributed by atoms with Crippen molar-refractivity contribution >= 4 is 23.1 Å². The molecule has 21 heavy (non-hydrogen) atoms. The van der Waals surface area contributed by atoms with Crippen LogP contribution in [0, 0.1) is 5.41 Å². The fourth-order valence-electron chi connectivity index (χ4n) is 3.18. The number of nitrogens with one attached hydrogen (secondary N) is 1. The molecule has 5 heteroatoms. The van der Waals surface area contributed by atoms with Crippen molar-refractivity contribution in [3.8, 4) is 0 Å². The predicted octanol–water partition coefficient (Wildman–Crippen LogP) is 2.93. The van der Waals surface area contributed by atoms with Crippen LogP contribution in [0.25, 0.3) is 0 Å². The van der Waals surface area contributed by atoms with Crippen LogP contribution in [0.3, 0.4) is 0 Å². The van der Waals surface area contributed by atoms with Gasteiger partial charge in [-0.25, -0.2) is 0 Å². The van der Waals surface area contributed by atoms with Crippen LogP contribution in [0.15, 0.2) is 0 Å². The highest BCUT2D eigenvalue weighted by atomic mass is 32.1. The number of ether oxygens (including phenoxy) is 1. The Morgan fingerprint density at radius 2 is 1.86 bits per heavy atom. The van der Waals surface area contributed by atoms with Crippen molar-refractivity contribution in [1.82, 2.24) is 5.32 Å². The van der Waals surface area contributed by atoms with Crippen LogP contribution in [0.5, 0.6) is 0 Å². The molecule has 4 nitrogen and oxygen atoms in total. The van der Waals surface area contributed by atoms with Gasteiger partial charge in [0.1, 0.15) is 0 Å². The fourth-order valence-corrected chi connectivity index (χ4v) is 3.48. The Morgan fingerprint density at radius 1 is 1.29 bits per heavy atom. The highest BCUT2D eigenvalue weighted by molar-refractivity contribution is 7.80. The van der Waals surface area contributed by atoms with Crippen molar-refractivity contribution in [2.24, 2.45) is 11.1 Å². The summed E-state index contributed by atoms with van der Waals surface area (Å²) in [4.78, 5) is 12.9. The number of hydrogen-bond donors (Lipinski definition) is 2. The summed E-state index contributed by atoms with van der Waals surface area (Å²) in [6, 6.07) is 0. The molecular weight excluding hydrogens is 284 g/mol. The molecule has 0 unspecified atom stereocenters. The first-order valence-corrected chi connectivity index (χ1v) is 8.67. The normalized spacial score (nSPS) is 16.1. The van der Waals surface area contributed by atoms with Crippen LogP contribution in [-0.4, -0.2) is 30.2 Å². The molecule has 1 amide bonds. The van der Waals surface area contributed by atoms with Gasteiger partial charge in [0, 0.05) is 6.54 Å². The first-order valence-electron chi connectivity index (χ1n) is 8.26. The van der Waals surface area contributed by atoms with E-state index in [4.69, 9.17) is 22.7 Å². The first-order chi connectivity index (χ1) is 10.1. The summed E-state index contributed by atoms with van der Waals surface area (Å²) < 4.78 is 5.77. The number of carbonyl (C=O) groups is 1. The summed E-state index contributed by atoms with van der Waals surface area (Å²) in [7, 11) is 0. The van der Waals surface area contributed by atoms with Gasteiger partial charge in [-0.1, -0.05) is 51.7 Å². The minimum Gasteiger partial charge on any atom is -0.392 e. The van der Waals surface area contributed by atoms with Gasteiger partial charge in [0.15, 0.2) is 0 Å². The minimum atomic E-state index is -0.688. The highest BCUT2D eigenvalue weighted by Gasteiger charge is 2.39. The molecule has 1 aliphatic rings. The maximum Gasteiger partial charge on any atom is 0.233 e. The molecule has 1 rings (SSSR count). The average Bonchev–Trinajstić information content (AvgIpc) is 2.95. The summed E-state index contributed by atoms with van der Waals surface area (Å²) >= 11 is 5.19. The Bertz CT molecular complexity index is 335. The lowest BCUT2D eigenvalue weighted by atomic mass is 9.78. The van der Waals surface area contributed by atoms with Gasteiger partial charge in [-0.2, -0.15) is 0 Å². The van der Waals surface area contributed by atoms with E-state index in [1.54, 1.807) is 0 Å². The topological polar surface area (TPSA) is 64.3 Å². The van der Waals surface area contributed by atoms with Crippen molar-refractivity contribution < 1.29 is 9.53 Å². The van der Waals surface area contributed by atoms with Crippen molar-refractivity contribution in [2.75, 3.05) is 13.2 Å². The number of hydrogen-bond acceptors (Lipinski definition) is 3. The van der Waals surface area contributed by atoms with Crippen LogP contribution in [-0.2, 0) is 9.53 Å². The van der Waals surface area contributed by atoms with Crippen molar-refractivity contribution in [3.63, 3.8) is 0 Å². The number of nitrogens with two attached hydrogens (primary N) is 1. The van der Waals surface area contributed by atoms with Crippen molar-refractivity contribution in [2.45, 2.75) is 71.3 Å². The van der Waals surface area contributed by atoms with Gasteiger partial charge < -0.3 is 15.8 Å². The summed E-state index contributed by atoms with van der Waals surface area (Å²) in [6.07, 6.45) is 8.41. The van der Waals surface area contributed by atoms with E-state index in [-0.39, 0.29) is 5.91 Å². The smallest absolute Gasteiger partial charge is 0.233 e. The molecule has 0 aromatic heterocycles. The number of rotatable bonds is 10. The zero-order valence-corrected chi connectivity index (χ0v) is 14.3. The van der Waals surface area contributed by atoms with Crippen LogP contribution in [0.4, 0.5) is 0 Å². The third-order valence-corrected chi connectivity index (χ3v) is 4.69. The molecule has 0 radical (unpaired) electrons. The largest absolute Gasteiger partial charge is 0.392 e. The zero-order valence-electron chi connectivity index (χ0n) is 13.5. The Labute approximate surface area is 134 Å². The van der Waals surface area contributed by atoms with Gasteiger partial charge >= 0.3 is 0 Å². The van der Waals surface area contributed by atoms with E-state index in [9.17, 15) is 4.79 Å². The first kappa shape index (κ1) is 18.4. The second-order valence-corrected chi connectivity index (χ2v) is 6.42. The van der Waals surface area contributed by atoms with E-state index in [0.29, 0.717) is 37.1 Å². The quantitative estimate of drug-likeness (QED) is 0.481. The Hall–Kier alpha value is -0.680. The van der Waals surface area contributed by atoms with Gasteiger partial charge in [-0.15, -0.1) is 0 Å². The van der Waals surface area contributed by atoms with E-state index >= 15 is 0 Å². The second-order valence-electron chi connectivity index (χ2n) is 5.98. The van der Waals surface area contributed by atoms with E-state index in [1.165, 1.54) is 12.8 Å². The fraction of sp³-hybridized carbons (Fsp3) is 0.875. The predicted molar refractivity (Wildman–Crippen MR) is 90.3 cm³/mol. The van der Waals surface area contributed by atoms with Crippen LogP contribution >= 0.6 is 12.2 Å². The van der Waals surface area contributed by atoms with E-state index < -0.39 is 5.41 Å². The minimum absolute atomic E-state index is 0.0336. The van der Waals surface area contributed by atoms with Crippen molar-refractivity contribution in [3.05, 3.63) is 0 Å². The molecule has 1 aliphatic carbocycles. The average molecular weight is 314 g/mol. The zero-order chi connectivity index (χ0) is 15.7. The maximum absolute atomic E-state index is 12.5. The third kappa shape index (κ3) is 5.22. The standard InChI is InChI=1S/C16H30N2O2S/c1-3-9-16(10-4-2,14(17)21)15(19)18-11-12-20-13-7-5-6-8-13/h13H,3-12H2,1-2H3,(H2,17,21)(H,18,19). The summed E-state index contributed by atoms with van der Waals surface area (Å²) in [6.45, 7) is 5.22. The summed E-state index contributed by atoms with van der Waals surface area (Å²) in [5.41, 5.74) is 5.20. The monoisotopic (exact) mass is 314 g/mol.